The summed E-state index contributed by atoms with van der Waals surface area (Å²) < 4.78 is 15.2. The third-order valence-corrected chi connectivity index (χ3v) is 4.19. The lowest BCUT2D eigenvalue weighted by molar-refractivity contribution is -0.385. The molecule has 0 amide bonds. The zero-order chi connectivity index (χ0) is 22.3. The van der Waals surface area contributed by atoms with Crippen molar-refractivity contribution in [2.24, 2.45) is 0 Å². The number of aromatic amines is 1. The van der Waals surface area contributed by atoms with E-state index in [1.165, 1.54) is 18.2 Å². The molecule has 160 valence electrons. The van der Waals surface area contributed by atoms with Crippen molar-refractivity contribution in [3.8, 4) is 0 Å². The lowest BCUT2D eigenvalue weighted by Crippen LogP contribution is -2.13. The van der Waals surface area contributed by atoms with Crippen LogP contribution < -0.4 is 0 Å². The molecule has 1 N–H and O–H groups in total. The smallest absolute Gasteiger partial charge is 0.355 e. The first kappa shape index (κ1) is 22.6. The molecular weight excluding hydrogens is 396 g/mol. The van der Waals surface area contributed by atoms with Crippen molar-refractivity contribution in [1.82, 2.24) is 4.98 Å². The minimum absolute atomic E-state index is 0.0599. The summed E-state index contributed by atoms with van der Waals surface area (Å²) in [6, 6.07) is 5.83. The molecule has 1 heterocycles. The van der Waals surface area contributed by atoms with Crippen molar-refractivity contribution in [3.05, 3.63) is 62.5 Å². The number of carbonyl (C=O) groups is 3. The minimum atomic E-state index is -0.732. The van der Waals surface area contributed by atoms with E-state index in [1.807, 2.05) is 0 Å². The first-order chi connectivity index (χ1) is 14.3. The number of nitrogens with zero attached hydrogens (tertiary/aromatic N) is 1. The van der Waals surface area contributed by atoms with Crippen molar-refractivity contribution in [2.45, 2.75) is 33.8 Å². The number of hydrogen-bond donors (Lipinski definition) is 1. The van der Waals surface area contributed by atoms with Gasteiger partial charge >= 0.3 is 17.9 Å². The van der Waals surface area contributed by atoms with E-state index in [-0.39, 0.29) is 54.4 Å². The highest BCUT2D eigenvalue weighted by molar-refractivity contribution is 5.98. The van der Waals surface area contributed by atoms with E-state index in [4.69, 9.17) is 14.2 Å². The van der Waals surface area contributed by atoms with Gasteiger partial charge in [0.15, 0.2) is 0 Å². The number of aromatic nitrogens is 1. The molecule has 1 aromatic carbocycles. The third kappa shape index (κ3) is 5.22. The molecule has 0 fully saturated rings. The molecule has 10 heteroatoms. The van der Waals surface area contributed by atoms with Crippen LogP contribution in [-0.4, -0.2) is 41.0 Å². The minimum Gasteiger partial charge on any atom is -0.462 e. The van der Waals surface area contributed by atoms with Crippen molar-refractivity contribution < 1.29 is 33.5 Å². The molecule has 30 heavy (non-hydrogen) atoms. The second-order valence-electron chi connectivity index (χ2n) is 6.14. The second-order valence-corrected chi connectivity index (χ2v) is 6.14. The molecule has 0 aliphatic heterocycles. The zero-order valence-corrected chi connectivity index (χ0v) is 16.9. The highest BCUT2D eigenvalue weighted by Crippen LogP contribution is 2.22. The molecule has 2 aromatic rings. The van der Waals surface area contributed by atoms with Gasteiger partial charge in [-0.3, -0.25) is 14.9 Å². The summed E-state index contributed by atoms with van der Waals surface area (Å²) in [6.45, 7) is 4.75. The standard InChI is InChI=1S/C20H22N2O8/c1-4-28-19(24)17-12(3)18(20(25)29-5-2)21-14(17)11-30-16(23)10-13-8-6-7-9-15(13)22(26)27/h6-9,21H,4-5,10-11H2,1-3H3. The molecule has 0 aliphatic rings. The van der Waals surface area contributed by atoms with Crippen LogP contribution in [0, 0.1) is 17.0 Å². The maximum absolute atomic E-state index is 12.3. The Morgan fingerprint density at radius 3 is 2.30 bits per heavy atom. The second kappa shape index (κ2) is 10.2. The van der Waals surface area contributed by atoms with E-state index >= 15 is 0 Å². The largest absolute Gasteiger partial charge is 0.462 e. The van der Waals surface area contributed by atoms with Crippen LogP contribution in [0.15, 0.2) is 24.3 Å². The summed E-state index contributed by atoms with van der Waals surface area (Å²) in [5.41, 5.74) is 0.638. The Balaban J connectivity index is 2.22. The van der Waals surface area contributed by atoms with E-state index in [0.717, 1.165) is 0 Å². The first-order valence-corrected chi connectivity index (χ1v) is 9.23. The molecule has 0 unspecified atom stereocenters. The van der Waals surface area contributed by atoms with Gasteiger partial charge in [0, 0.05) is 11.6 Å². The van der Waals surface area contributed by atoms with Gasteiger partial charge in [-0.05, 0) is 26.3 Å². The number of nitrogens with one attached hydrogen (secondary N) is 1. The summed E-state index contributed by atoms with van der Waals surface area (Å²) in [5, 5.41) is 11.1. The van der Waals surface area contributed by atoms with E-state index < -0.39 is 22.8 Å². The van der Waals surface area contributed by atoms with Crippen LogP contribution in [0.1, 0.15) is 51.5 Å². The molecule has 0 radical (unpaired) electrons. The molecule has 0 bridgehead atoms. The fourth-order valence-corrected chi connectivity index (χ4v) is 2.85. The molecule has 1 aromatic heterocycles. The highest BCUT2D eigenvalue weighted by Gasteiger charge is 2.26. The summed E-state index contributed by atoms with van der Waals surface area (Å²) in [6.07, 6.45) is -0.323. The van der Waals surface area contributed by atoms with Gasteiger partial charge in [0.2, 0.25) is 0 Å². The van der Waals surface area contributed by atoms with Crippen molar-refractivity contribution >= 4 is 23.6 Å². The monoisotopic (exact) mass is 418 g/mol. The first-order valence-electron chi connectivity index (χ1n) is 9.23. The number of carbonyl (C=O) groups excluding carboxylic acids is 3. The summed E-state index contributed by atoms with van der Waals surface area (Å²) in [5.74, 6) is -2.06. The van der Waals surface area contributed by atoms with Gasteiger partial charge < -0.3 is 19.2 Å². The van der Waals surface area contributed by atoms with Crippen LogP contribution in [-0.2, 0) is 32.0 Å². The molecule has 0 saturated heterocycles. The molecule has 0 atom stereocenters. The van der Waals surface area contributed by atoms with E-state index in [0.29, 0.717) is 5.56 Å². The predicted molar refractivity (Wildman–Crippen MR) is 104 cm³/mol. The van der Waals surface area contributed by atoms with Gasteiger partial charge in [0.1, 0.15) is 12.3 Å². The van der Waals surface area contributed by atoms with Crippen LogP contribution in [0.3, 0.4) is 0 Å². The Morgan fingerprint density at radius 1 is 1.03 bits per heavy atom. The number of H-pyrrole nitrogens is 1. The molecule has 10 nitrogen and oxygen atoms in total. The van der Waals surface area contributed by atoms with E-state index in [1.54, 1.807) is 26.8 Å². The van der Waals surface area contributed by atoms with Gasteiger partial charge in [-0.15, -0.1) is 0 Å². The molecule has 0 spiro atoms. The molecule has 2 rings (SSSR count). The number of nitro benzene ring substituents is 1. The number of benzene rings is 1. The molecular formula is C20H22N2O8. The lowest BCUT2D eigenvalue weighted by Gasteiger charge is -2.07. The Bertz CT molecular complexity index is 964. The lowest BCUT2D eigenvalue weighted by atomic mass is 10.1. The summed E-state index contributed by atoms with van der Waals surface area (Å²) >= 11 is 0. The van der Waals surface area contributed by atoms with Crippen LogP contribution >= 0.6 is 0 Å². The topological polar surface area (TPSA) is 138 Å². The Hall–Kier alpha value is -3.69. The normalized spacial score (nSPS) is 10.4. The SMILES string of the molecule is CCOC(=O)c1[nH]c(COC(=O)Cc2ccccc2[N+](=O)[O-])c(C(=O)OCC)c1C. The van der Waals surface area contributed by atoms with Crippen molar-refractivity contribution in [1.29, 1.82) is 0 Å². The fraction of sp³-hybridized carbons (Fsp3) is 0.350. The number of hydrogen-bond acceptors (Lipinski definition) is 8. The van der Waals surface area contributed by atoms with E-state index in [2.05, 4.69) is 4.98 Å². The van der Waals surface area contributed by atoms with Gasteiger partial charge in [0.25, 0.3) is 5.69 Å². The van der Waals surface area contributed by atoms with Crippen molar-refractivity contribution in [3.63, 3.8) is 0 Å². The van der Waals surface area contributed by atoms with Crippen LogP contribution in [0.2, 0.25) is 0 Å². The number of rotatable bonds is 9. The highest BCUT2D eigenvalue weighted by atomic mass is 16.6. The number of ether oxygens (including phenoxy) is 3. The average molecular weight is 418 g/mol. The summed E-state index contributed by atoms with van der Waals surface area (Å²) in [4.78, 5) is 49.9. The van der Waals surface area contributed by atoms with Gasteiger partial charge in [-0.25, -0.2) is 9.59 Å². The number of esters is 3. The Labute approximate surface area is 172 Å². The average Bonchev–Trinajstić information content (AvgIpc) is 3.03. The Morgan fingerprint density at radius 2 is 1.67 bits per heavy atom. The Kier molecular flexibility index (Phi) is 7.68. The van der Waals surface area contributed by atoms with Crippen LogP contribution in [0.4, 0.5) is 5.69 Å². The van der Waals surface area contributed by atoms with Crippen molar-refractivity contribution in [2.75, 3.05) is 13.2 Å². The van der Waals surface area contributed by atoms with Gasteiger partial charge in [0.05, 0.1) is 35.8 Å². The maximum Gasteiger partial charge on any atom is 0.355 e. The number of para-hydroxylation sites is 1. The predicted octanol–water partition coefficient (Wildman–Crippen LogP) is 2.87. The third-order valence-electron chi connectivity index (χ3n) is 4.19. The van der Waals surface area contributed by atoms with Gasteiger partial charge in [-0.1, -0.05) is 18.2 Å². The number of nitro groups is 1. The maximum atomic E-state index is 12.3. The van der Waals surface area contributed by atoms with Gasteiger partial charge in [-0.2, -0.15) is 0 Å². The van der Waals surface area contributed by atoms with Crippen LogP contribution in [0.5, 0.6) is 0 Å². The zero-order valence-electron chi connectivity index (χ0n) is 16.9. The summed E-state index contributed by atoms with van der Waals surface area (Å²) in [7, 11) is 0. The van der Waals surface area contributed by atoms with Crippen LogP contribution in [0.25, 0.3) is 0 Å². The van der Waals surface area contributed by atoms with E-state index in [9.17, 15) is 24.5 Å². The fourth-order valence-electron chi connectivity index (χ4n) is 2.85. The molecule has 0 aliphatic carbocycles. The quantitative estimate of drug-likeness (QED) is 0.284. The molecule has 0 saturated carbocycles.